The van der Waals surface area contributed by atoms with E-state index in [9.17, 15) is 0 Å². The van der Waals surface area contributed by atoms with Crippen molar-refractivity contribution >= 4 is 121 Å². The van der Waals surface area contributed by atoms with E-state index in [4.69, 9.17) is 8.83 Å². The monoisotopic (exact) mass is 1030 g/mol. The van der Waals surface area contributed by atoms with E-state index in [1.54, 1.807) is 0 Å². The molecule has 4 heteroatoms. The summed E-state index contributed by atoms with van der Waals surface area (Å²) in [6.45, 7) is 0. The molecule has 0 amide bonds. The number of benzene rings is 14. The molecule has 0 saturated carbocycles. The van der Waals surface area contributed by atoms with Gasteiger partial charge in [0.2, 0.25) is 0 Å². The minimum absolute atomic E-state index is 0.703. The van der Waals surface area contributed by atoms with Crippen molar-refractivity contribution in [1.29, 1.82) is 0 Å². The van der Waals surface area contributed by atoms with Crippen LogP contribution in [-0.4, -0.2) is 0 Å². The fourth-order valence-corrected chi connectivity index (χ4v) is 13.7. The number of rotatable bonds is 8. The molecule has 0 unspecified atom stereocenters. The molecular formula is C77H48N2O2. The van der Waals surface area contributed by atoms with Crippen molar-refractivity contribution in [3.63, 3.8) is 0 Å². The van der Waals surface area contributed by atoms with Gasteiger partial charge in [-0.2, -0.15) is 0 Å². The van der Waals surface area contributed by atoms with Crippen molar-refractivity contribution in [2.45, 2.75) is 5.41 Å². The second-order valence-electron chi connectivity index (χ2n) is 21.5. The minimum atomic E-state index is -0.703. The van der Waals surface area contributed by atoms with Crippen molar-refractivity contribution in [1.82, 2.24) is 0 Å². The Labute approximate surface area is 467 Å². The molecule has 0 saturated heterocycles. The van der Waals surface area contributed by atoms with Gasteiger partial charge in [-0.15, -0.1) is 0 Å². The van der Waals surface area contributed by atoms with Crippen molar-refractivity contribution in [2.75, 3.05) is 9.80 Å². The lowest BCUT2D eigenvalue weighted by molar-refractivity contribution is 0.668. The normalized spacial score (nSPS) is 12.8. The summed E-state index contributed by atoms with van der Waals surface area (Å²) in [7, 11) is 0. The molecule has 0 fully saturated rings. The molecule has 0 aliphatic heterocycles. The first kappa shape index (κ1) is 45.3. The molecule has 2 aromatic heterocycles. The molecule has 0 bridgehead atoms. The third-order valence-corrected chi connectivity index (χ3v) is 17.2. The van der Waals surface area contributed by atoms with Crippen molar-refractivity contribution in [2.24, 2.45) is 0 Å². The average Bonchev–Trinajstić information content (AvgIpc) is 2.72. The molecule has 378 valence electrons. The van der Waals surface area contributed by atoms with Crippen molar-refractivity contribution in [3.05, 3.63) is 313 Å². The molecule has 2 heterocycles. The van der Waals surface area contributed by atoms with E-state index in [-0.39, 0.29) is 0 Å². The smallest absolute Gasteiger partial charge is 0.159 e. The number of hydrogen-bond donors (Lipinski definition) is 0. The van der Waals surface area contributed by atoms with Gasteiger partial charge in [-0.1, -0.05) is 218 Å². The van der Waals surface area contributed by atoms with Crippen molar-refractivity contribution in [3.8, 4) is 11.1 Å². The second kappa shape index (κ2) is 17.7. The predicted octanol–water partition coefficient (Wildman–Crippen LogP) is 21.4. The van der Waals surface area contributed by atoms with Crippen LogP contribution in [0, 0.1) is 0 Å². The maximum Gasteiger partial charge on any atom is 0.159 e. The minimum Gasteiger partial charge on any atom is -0.454 e. The van der Waals surface area contributed by atoms with E-state index >= 15 is 0 Å². The van der Waals surface area contributed by atoms with E-state index < -0.39 is 5.41 Å². The molecule has 14 aromatic carbocycles. The maximum atomic E-state index is 6.80. The number of anilines is 6. The van der Waals surface area contributed by atoms with E-state index in [1.807, 2.05) is 12.1 Å². The fourth-order valence-electron chi connectivity index (χ4n) is 13.7. The average molecular weight is 1030 g/mol. The SMILES string of the molecule is c1ccc(C2(c3ccccc3)c3c(ccc4cc(N(c5ccc6ccccc6c5)c5cccc6c5oc5ccccc56)ccc34)-c3ccc4cc(N(c5ccc6ccccc6c5)c5cccc6c5oc5ccccc56)ccc4c32)cc1. The van der Waals surface area contributed by atoms with Gasteiger partial charge in [0.05, 0.1) is 16.8 Å². The summed E-state index contributed by atoms with van der Waals surface area (Å²) in [5.41, 5.74) is 16.3. The molecule has 1 aliphatic rings. The summed E-state index contributed by atoms with van der Waals surface area (Å²) in [4.78, 5) is 4.75. The highest BCUT2D eigenvalue weighted by Crippen LogP contribution is 2.61. The summed E-state index contributed by atoms with van der Waals surface area (Å²) in [6.07, 6.45) is 0. The Morgan fingerprint density at radius 1 is 0.247 bits per heavy atom. The topological polar surface area (TPSA) is 32.8 Å². The van der Waals surface area contributed by atoms with Crippen LogP contribution in [0.15, 0.2) is 300 Å². The summed E-state index contributed by atoms with van der Waals surface area (Å²) >= 11 is 0. The van der Waals surface area contributed by atoms with Crippen LogP contribution in [0.1, 0.15) is 22.3 Å². The highest BCUT2D eigenvalue weighted by molar-refractivity contribution is 6.13. The van der Waals surface area contributed by atoms with Gasteiger partial charge < -0.3 is 18.6 Å². The lowest BCUT2D eigenvalue weighted by atomic mass is 9.66. The molecule has 81 heavy (non-hydrogen) atoms. The Morgan fingerprint density at radius 3 is 1.06 bits per heavy atom. The maximum absolute atomic E-state index is 6.80. The lowest BCUT2D eigenvalue weighted by Gasteiger charge is -2.35. The van der Waals surface area contributed by atoms with Gasteiger partial charge in [0.25, 0.3) is 0 Å². The highest BCUT2D eigenvalue weighted by atomic mass is 16.3. The summed E-state index contributed by atoms with van der Waals surface area (Å²) < 4.78 is 13.6. The zero-order valence-corrected chi connectivity index (χ0v) is 43.9. The standard InChI is InChI=1S/C77H48N2O2/c1-3-21-55(22-4-1)77(56-23-5-2-6-24-56)73-61-43-39-59(78(57-37-33-49-17-7-9-19-51(49)45-57)69-29-15-27-67-63-25-11-13-31-71(63)80-75(67)69)47-53(61)35-41-65(73)66-42-36-54-48-60(40-44-62(54)74(66)77)79(58-38-34-50-18-8-10-20-52(50)46-58)70-30-16-28-68-64-26-12-14-32-72(64)81-76(68)70/h1-48H. The number of fused-ring (bicyclic) bond motifs is 15. The van der Waals surface area contributed by atoms with E-state index in [1.165, 1.54) is 65.7 Å². The van der Waals surface area contributed by atoms with Crippen molar-refractivity contribution < 1.29 is 8.83 Å². The number of nitrogens with zero attached hydrogens (tertiary/aromatic N) is 2. The largest absolute Gasteiger partial charge is 0.454 e. The van der Waals surface area contributed by atoms with E-state index in [0.29, 0.717) is 0 Å². The van der Waals surface area contributed by atoms with Crippen LogP contribution in [0.3, 0.4) is 0 Å². The summed E-state index contributed by atoms with van der Waals surface area (Å²) in [6, 6.07) is 106. The van der Waals surface area contributed by atoms with Crippen LogP contribution in [0.25, 0.3) is 98.1 Å². The number of hydrogen-bond acceptors (Lipinski definition) is 4. The van der Waals surface area contributed by atoms with Crippen LogP contribution in [0.4, 0.5) is 34.1 Å². The summed E-state index contributed by atoms with van der Waals surface area (Å²) in [5, 5.41) is 13.8. The Bertz CT molecular complexity index is 4880. The van der Waals surface area contributed by atoms with Gasteiger partial charge in [0.15, 0.2) is 11.2 Å². The first-order valence-electron chi connectivity index (χ1n) is 27.8. The Morgan fingerprint density at radius 2 is 0.605 bits per heavy atom. The van der Waals surface area contributed by atoms with Gasteiger partial charge in [-0.05, 0) is 149 Å². The Balaban J connectivity index is 0.894. The first-order chi connectivity index (χ1) is 40.2. The quantitative estimate of drug-likeness (QED) is 0.152. The van der Waals surface area contributed by atoms with Gasteiger partial charge in [-0.25, -0.2) is 0 Å². The lowest BCUT2D eigenvalue weighted by Crippen LogP contribution is -2.29. The first-order valence-corrected chi connectivity index (χ1v) is 27.8. The second-order valence-corrected chi connectivity index (χ2v) is 21.5. The van der Waals surface area contributed by atoms with Crippen LogP contribution >= 0.6 is 0 Å². The Kier molecular flexibility index (Phi) is 9.89. The predicted molar refractivity (Wildman–Crippen MR) is 338 cm³/mol. The molecule has 0 spiro atoms. The molecule has 4 nitrogen and oxygen atoms in total. The van der Waals surface area contributed by atoms with E-state index in [0.717, 1.165) is 88.8 Å². The molecule has 0 N–H and O–H groups in total. The molecular weight excluding hydrogens is 985 g/mol. The third-order valence-electron chi connectivity index (χ3n) is 17.2. The summed E-state index contributed by atoms with van der Waals surface area (Å²) in [5.74, 6) is 0. The molecule has 0 atom stereocenters. The highest BCUT2D eigenvalue weighted by Gasteiger charge is 2.48. The molecule has 17 rings (SSSR count). The Hall–Kier alpha value is -10.7. The van der Waals surface area contributed by atoms with Gasteiger partial charge >= 0.3 is 0 Å². The van der Waals surface area contributed by atoms with E-state index in [2.05, 4.69) is 289 Å². The van der Waals surface area contributed by atoms with Crippen LogP contribution < -0.4 is 9.80 Å². The van der Waals surface area contributed by atoms with Crippen LogP contribution in [0.5, 0.6) is 0 Å². The third kappa shape index (κ3) is 6.78. The van der Waals surface area contributed by atoms with Gasteiger partial charge in [0, 0.05) is 44.3 Å². The molecule has 16 aromatic rings. The fraction of sp³-hybridized carbons (Fsp3) is 0.0130. The number of furan rings is 2. The zero-order chi connectivity index (χ0) is 53.2. The number of para-hydroxylation sites is 4. The van der Waals surface area contributed by atoms with Crippen LogP contribution in [-0.2, 0) is 5.41 Å². The van der Waals surface area contributed by atoms with Crippen LogP contribution in [0.2, 0.25) is 0 Å². The zero-order valence-electron chi connectivity index (χ0n) is 43.9. The van der Waals surface area contributed by atoms with Gasteiger partial charge in [-0.3, -0.25) is 0 Å². The molecule has 1 aliphatic carbocycles. The molecule has 0 radical (unpaired) electrons. The van der Waals surface area contributed by atoms with Gasteiger partial charge in [0.1, 0.15) is 11.2 Å².